The summed E-state index contributed by atoms with van der Waals surface area (Å²) in [5, 5.41) is 2.07. The third-order valence-electron chi connectivity index (χ3n) is 3.17. The highest BCUT2D eigenvalue weighted by Crippen LogP contribution is 2.26. The van der Waals surface area contributed by atoms with Crippen LogP contribution < -0.4 is 10.4 Å². The molecule has 1 aromatic carbocycles. The molecule has 0 radical (unpaired) electrons. The van der Waals surface area contributed by atoms with Gasteiger partial charge in [0.25, 0.3) is 0 Å². The zero-order chi connectivity index (χ0) is 12.5. The Morgan fingerprint density at radius 3 is 2.61 bits per heavy atom. The molecule has 1 unspecified atom stereocenters. The van der Waals surface area contributed by atoms with Crippen molar-refractivity contribution in [3.8, 4) is 0 Å². The molecule has 0 saturated carbocycles. The number of carbonyl (C=O) groups excluding carboxylic acids is 1. The van der Waals surface area contributed by atoms with Gasteiger partial charge in [-0.2, -0.15) is 0 Å². The van der Waals surface area contributed by atoms with E-state index in [1.54, 1.807) is 6.08 Å². The lowest BCUT2D eigenvalue weighted by molar-refractivity contribution is -0.114. The molecule has 0 fully saturated rings. The molecule has 0 bridgehead atoms. The van der Waals surface area contributed by atoms with Crippen LogP contribution in [0.1, 0.15) is 0 Å². The molecule has 0 amide bonds. The molecule has 0 saturated heterocycles. The first-order chi connectivity index (χ1) is 8.74. The van der Waals surface area contributed by atoms with Crippen LogP contribution in [0.4, 0.5) is 0 Å². The second-order valence-electron chi connectivity index (χ2n) is 4.37. The van der Waals surface area contributed by atoms with Crippen LogP contribution in [0.25, 0.3) is 12.2 Å². The monoisotopic (exact) mass is 298 g/mol. The van der Waals surface area contributed by atoms with Crippen LogP contribution in [0.5, 0.6) is 0 Å². The SMILES string of the molecule is O=C1C=c2ccccc2=CC=C2C=C(Br)C=CC12. The molecule has 0 aliphatic heterocycles. The quantitative estimate of drug-likeness (QED) is 0.718. The molecule has 18 heavy (non-hydrogen) atoms. The van der Waals surface area contributed by atoms with Crippen LogP contribution >= 0.6 is 15.9 Å². The lowest BCUT2D eigenvalue weighted by Gasteiger charge is -2.16. The number of benzene rings is 1. The Morgan fingerprint density at radius 2 is 1.78 bits per heavy atom. The van der Waals surface area contributed by atoms with Crippen molar-refractivity contribution in [3.63, 3.8) is 0 Å². The third-order valence-corrected chi connectivity index (χ3v) is 3.66. The molecule has 88 valence electrons. The van der Waals surface area contributed by atoms with Crippen LogP contribution in [-0.2, 0) is 4.79 Å². The number of rotatable bonds is 0. The molecule has 1 nitrogen and oxygen atoms in total. The minimum Gasteiger partial charge on any atom is -0.294 e. The normalized spacial score (nSPS) is 21.4. The highest BCUT2D eigenvalue weighted by Gasteiger charge is 2.20. The summed E-state index contributed by atoms with van der Waals surface area (Å²) in [6.07, 6.45) is 11.7. The summed E-state index contributed by atoms with van der Waals surface area (Å²) in [5.41, 5.74) is 1.03. The molecular formula is C16H11BrO. The van der Waals surface area contributed by atoms with Gasteiger partial charge < -0.3 is 0 Å². The minimum atomic E-state index is -0.157. The predicted octanol–water partition coefficient (Wildman–Crippen LogP) is 2.22. The van der Waals surface area contributed by atoms with Crippen molar-refractivity contribution < 1.29 is 4.79 Å². The molecule has 3 rings (SSSR count). The van der Waals surface area contributed by atoms with E-state index in [-0.39, 0.29) is 11.7 Å². The fraction of sp³-hybridized carbons (Fsp3) is 0.0625. The van der Waals surface area contributed by atoms with Gasteiger partial charge in [-0.05, 0) is 28.2 Å². The predicted molar refractivity (Wildman–Crippen MR) is 77.4 cm³/mol. The molecule has 0 heterocycles. The number of carbonyl (C=O) groups is 1. The van der Waals surface area contributed by atoms with Crippen molar-refractivity contribution in [1.82, 2.24) is 0 Å². The summed E-state index contributed by atoms with van der Waals surface area (Å²) >= 11 is 3.45. The highest BCUT2D eigenvalue weighted by molar-refractivity contribution is 9.11. The van der Waals surface area contributed by atoms with Gasteiger partial charge in [0.15, 0.2) is 5.78 Å². The van der Waals surface area contributed by atoms with E-state index in [1.807, 2.05) is 48.6 Å². The number of halogens is 1. The number of hydrogen-bond acceptors (Lipinski definition) is 1. The Bertz CT molecular complexity index is 720. The Balaban J connectivity index is 2.26. The second kappa shape index (κ2) is 4.54. The molecule has 0 spiro atoms. The van der Waals surface area contributed by atoms with Crippen LogP contribution in [0.2, 0.25) is 0 Å². The van der Waals surface area contributed by atoms with Gasteiger partial charge in [0.1, 0.15) is 0 Å². The van der Waals surface area contributed by atoms with Crippen molar-refractivity contribution in [3.05, 3.63) is 69.1 Å². The van der Waals surface area contributed by atoms with E-state index >= 15 is 0 Å². The molecule has 2 aliphatic rings. The highest BCUT2D eigenvalue weighted by atomic mass is 79.9. The van der Waals surface area contributed by atoms with Gasteiger partial charge in [-0.25, -0.2) is 0 Å². The summed E-state index contributed by atoms with van der Waals surface area (Å²) in [6.45, 7) is 0. The second-order valence-corrected chi connectivity index (χ2v) is 5.29. The smallest absolute Gasteiger partial charge is 0.167 e. The maximum absolute atomic E-state index is 12.3. The Morgan fingerprint density at radius 1 is 1.00 bits per heavy atom. The lowest BCUT2D eigenvalue weighted by atomic mass is 9.88. The topological polar surface area (TPSA) is 17.1 Å². The molecule has 2 heteroatoms. The van der Waals surface area contributed by atoms with Crippen molar-refractivity contribution >= 4 is 33.9 Å². The van der Waals surface area contributed by atoms with Gasteiger partial charge >= 0.3 is 0 Å². The van der Waals surface area contributed by atoms with E-state index in [4.69, 9.17) is 0 Å². The van der Waals surface area contributed by atoms with E-state index in [1.165, 1.54) is 0 Å². The molecule has 1 atom stereocenters. The first-order valence-electron chi connectivity index (χ1n) is 5.82. The van der Waals surface area contributed by atoms with Crippen molar-refractivity contribution in [2.45, 2.75) is 0 Å². The van der Waals surface area contributed by atoms with Crippen molar-refractivity contribution in [1.29, 1.82) is 0 Å². The lowest BCUT2D eigenvalue weighted by Crippen LogP contribution is -2.28. The Labute approximate surface area is 114 Å². The zero-order valence-electron chi connectivity index (χ0n) is 9.64. The average Bonchev–Trinajstić information content (AvgIpc) is 2.36. The van der Waals surface area contributed by atoms with Gasteiger partial charge in [-0.3, -0.25) is 4.79 Å². The van der Waals surface area contributed by atoms with E-state index in [9.17, 15) is 4.79 Å². The largest absolute Gasteiger partial charge is 0.294 e. The maximum atomic E-state index is 12.3. The number of Topliss-reactive ketones (excluding diaryl/α,β-unsaturated/α-hetero) is 1. The summed E-state index contributed by atoms with van der Waals surface area (Å²) in [6, 6.07) is 7.93. The molecular weight excluding hydrogens is 288 g/mol. The van der Waals surface area contributed by atoms with E-state index in [0.717, 1.165) is 20.5 Å². The number of allylic oxidation sites excluding steroid dienone is 6. The fourth-order valence-electron chi connectivity index (χ4n) is 2.23. The number of ketones is 1. The van der Waals surface area contributed by atoms with Gasteiger partial charge in [-0.15, -0.1) is 0 Å². The van der Waals surface area contributed by atoms with Crippen LogP contribution in [0, 0.1) is 5.92 Å². The third kappa shape index (κ3) is 2.04. The minimum absolute atomic E-state index is 0.134. The van der Waals surface area contributed by atoms with E-state index in [0.29, 0.717) is 0 Å². The summed E-state index contributed by atoms with van der Waals surface area (Å²) in [7, 11) is 0. The average molecular weight is 299 g/mol. The van der Waals surface area contributed by atoms with Gasteiger partial charge in [0, 0.05) is 4.48 Å². The summed E-state index contributed by atoms with van der Waals surface area (Å²) in [5.74, 6) is -0.0230. The number of hydrogen-bond donors (Lipinski definition) is 0. The van der Waals surface area contributed by atoms with E-state index < -0.39 is 0 Å². The first-order valence-corrected chi connectivity index (χ1v) is 6.61. The summed E-state index contributed by atoms with van der Waals surface area (Å²) in [4.78, 5) is 12.3. The van der Waals surface area contributed by atoms with E-state index in [2.05, 4.69) is 22.0 Å². The van der Waals surface area contributed by atoms with Gasteiger partial charge in [0.2, 0.25) is 0 Å². The summed E-state index contributed by atoms with van der Waals surface area (Å²) < 4.78 is 1.00. The number of fused-ring (bicyclic) bond motifs is 2. The van der Waals surface area contributed by atoms with Gasteiger partial charge in [-0.1, -0.05) is 64.5 Å². The first kappa shape index (κ1) is 11.4. The molecule has 1 aromatic rings. The van der Waals surface area contributed by atoms with Crippen LogP contribution in [-0.4, -0.2) is 5.78 Å². The Hall–Kier alpha value is -1.67. The molecule has 0 N–H and O–H groups in total. The van der Waals surface area contributed by atoms with Gasteiger partial charge in [0.05, 0.1) is 5.92 Å². The fourth-order valence-corrected chi connectivity index (χ4v) is 2.65. The van der Waals surface area contributed by atoms with Crippen LogP contribution in [0.15, 0.2) is 58.6 Å². The maximum Gasteiger partial charge on any atom is 0.167 e. The van der Waals surface area contributed by atoms with Crippen molar-refractivity contribution in [2.75, 3.05) is 0 Å². The van der Waals surface area contributed by atoms with Crippen LogP contribution in [0.3, 0.4) is 0 Å². The molecule has 0 aromatic heterocycles. The Kier molecular flexibility index (Phi) is 2.88. The molecule has 2 aliphatic carbocycles. The standard InChI is InChI=1S/C16H11BrO/c17-14-7-8-15-13(9-14)6-5-11-3-1-2-4-12(11)10-16(15)18/h1-10,15H. The van der Waals surface area contributed by atoms with Crippen molar-refractivity contribution in [2.24, 2.45) is 5.92 Å². The zero-order valence-corrected chi connectivity index (χ0v) is 11.2.